The van der Waals surface area contributed by atoms with E-state index in [2.05, 4.69) is 4.90 Å². The zero-order valence-electron chi connectivity index (χ0n) is 8.57. The van der Waals surface area contributed by atoms with Crippen LogP contribution < -0.4 is 5.73 Å². The van der Waals surface area contributed by atoms with E-state index in [1.165, 1.54) is 0 Å². The number of hydrogen-bond acceptors (Lipinski definition) is 4. The van der Waals surface area contributed by atoms with E-state index in [1.54, 1.807) is 0 Å². The van der Waals surface area contributed by atoms with Gasteiger partial charge in [-0.1, -0.05) is 6.92 Å². The topological polar surface area (TPSA) is 82.6 Å². The summed E-state index contributed by atoms with van der Waals surface area (Å²) in [6, 6.07) is -0.0753. The second-order valence-corrected chi connectivity index (χ2v) is 3.53. The quantitative estimate of drug-likeness (QED) is 0.419. The van der Waals surface area contributed by atoms with Gasteiger partial charge in [0.15, 0.2) is 0 Å². The summed E-state index contributed by atoms with van der Waals surface area (Å²) in [5, 5.41) is 16.6. The maximum Gasteiger partial charge on any atom is 0.108 e. The monoisotopic (exact) mass is 201 g/mol. The van der Waals surface area contributed by atoms with Gasteiger partial charge < -0.3 is 15.6 Å². The summed E-state index contributed by atoms with van der Waals surface area (Å²) in [6.45, 7) is 3.98. The highest BCUT2D eigenvalue weighted by Crippen LogP contribution is 2.13. The minimum atomic E-state index is -0.0592. The van der Waals surface area contributed by atoms with Crippen LogP contribution in [0.4, 0.5) is 0 Å². The molecule has 0 spiro atoms. The first-order valence-electron chi connectivity index (χ1n) is 4.99. The van der Waals surface area contributed by atoms with Gasteiger partial charge in [-0.15, -0.1) is 0 Å². The Morgan fingerprint density at radius 1 is 1.79 bits per heavy atom. The van der Waals surface area contributed by atoms with Crippen LogP contribution in [0, 0.1) is 5.41 Å². The molecule has 0 amide bonds. The van der Waals surface area contributed by atoms with Gasteiger partial charge in [-0.2, -0.15) is 0 Å². The molecule has 0 aromatic carbocycles. The van der Waals surface area contributed by atoms with Gasteiger partial charge in [0.25, 0.3) is 0 Å². The van der Waals surface area contributed by atoms with E-state index in [4.69, 9.17) is 21.0 Å². The standard InChI is InChI=1S/C9H19N3O2/c1-2-8(9(10)11)12-3-4-14-6-7(12)5-13/h7-8,13H,2-6H2,1H3,(H3,10,11). The Labute approximate surface area is 84.3 Å². The van der Waals surface area contributed by atoms with Crippen molar-refractivity contribution in [1.82, 2.24) is 4.90 Å². The number of ether oxygens (including phenoxy) is 1. The van der Waals surface area contributed by atoms with Crippen LogP contribution >= 0.6 is 0 Å². The Balaban J connectivity index is 2.65. The van der Waals surface area contributed by atoms with Crippen molar-refractivity contribution in [3.05, 3.63) is 0 Å². The number of nitrogens with one attached hydrogen (secondary N) is 1. The molecule has 2 atom stereocenters. The fourth-order valence-electron chi connectivity index (χ4n) is 1.87. The van der Waals surface area contributed by atoms with Crippen LogP contribution in [0.2, 0.25) is 0 Å². The van der Waals surface area contributed by atoms with Crippen molar-refractivity contribution >= 4 is 5.84 Å². The number of hydrogen-bond donors (Lipinski definition) is 3. The lowest BCUT2D eigenvalue weighted by Crippen LogP contribution is -2.56. The molecule has 0 aromatic heterocycles. The smallest absolute Gasteiger partial charge is 0.108 e. The summed E-state index contributed by atoms with van der Waals surface area (Å²) in [5.74, 6) is 0.174. The molecule has 0 aromatic rings. The number of nitrogens with two attached hydrogens (primary N) is 1. The average molecular weight is 201 g/mol. The molecule has 82 valence electrons. The zero-order valence-corrected chi connectivity index (χ0v) is 8.57. The molecule has 1 saturated heterocycles. The van der Waals surface area contributed by atoms with E-state index < -0.39 is 0 Å². The van der Waals surface area contributed by atoms with E-state index in [0.29, 0.717) is 13.2 Å². The van der Waals surface area contributed by atoms with E-state index >= 15 is 0 Å². The number of rotatable bonds is 4. The summed E-state index contributed by atoms with van der Waals surface area (Å²) in [4.78, 5) is 2.06. The molecule has 1 aliphatic rings. The third-order valence-electron chi connectivity index (χ3n) is 2.63. The third kappa shape index (κ3) is 2.43. The molecule has 0 saturated carbocycles. The number of aliphatic hydroxyl groups excluding tert-OH is 1. The van der Waals surface area contributed by atoms with Gasteiger partial charge in [0.05, 0.1) is 31.9 Å². The van der Waals surface area contributed by atoms with Gasteiger partial charge in [0.1, 0.15) is 5.84 Å². The number of amidine groups is 1. The van der Waals surface area contributed by atoms with Gasteiger partial charge in [0, 0.05) is 6.54 Å². The average Bonchev–Trinajstić information content (AvgIpc) is 2.19. The van der Waals surface area contributed by atoms with Crippen LogP contribution in [-0.4, -0.2) is 54.3 Å². The molecule has 1 heterocycles. The molecular formula is C9H19N3O2. The lowest BCUT2D eigenvalue weighted by atomic mass is 10.1. The lowest BCUT2D eigenvalue weighted by molar-refractivity contribution is -0.0366. The van der Waals surface area contributed by atoms with Crippen LogP contribution in [0.25, 0.3) is 0 Å². The highest BCUT2D eigenvalue weighted by atomic mass is 16.5. The molecule has 0 radical (unpaired) electrons. The van der Waals surface area contributed by atoms with Crippen LogP contribution in [0.1, 0.15) is 13.3 Å². The van der Waals surface area contributed by atoms with Crippen molar-refractivity contribution in [2.45, 2.75) is 25.4 Å². The molecule has 1 fully saturated rings. The van der Waals surface area contributed by atoms with Gasteiger partial charge in [0.2, 0.25) is 0 Å². The summed E-state index contributed by atoms with van der Waals surface area (Å²) in [6.07, 6.45) is 0.797. The SMILES string of the molecule is CCC(C(=N)N)N1CCOCC1CO. The first-order chi connectivity index (χ1) is 6.70. The molecule has 0 aliphatic carbocycles. The van der Waals surface area contributed by atoms with Crippen molar-refractivity contribution in [3.8, 4) is 0 Å². The van der Waals surface area contributed by atoms with Crippen molar-refractivity contribution in [2.75, 3.05) is 26.4 Å². The summed E-state index contributed by atoms with van der Waals surface area (Å²) >= 11 is 0. The molecule has 0 bridgehead atoms. The molecule has 1 aliphatic heterocycles. The summed E-state index contributed by atoms with van der Waals surface area (Å²) < 4.78 is 5.26. The van der Waals surface area contributed by atoms with Crippen LogP contribution in [0.3, 0.4) is 0 Å². The largest absolute Gasteiger partial charge is 0.395 e. The van der Waals surface area contributed by atoms with Crippen LogP contribution in [0.15, 0.2) is 0 Å². The van der Waals surface area contributed by atoms with Crippen molar-refractivity contribution in [1.29, 1.82) is 5.41 Å². The van der Waals surface area contributed by atoms with E-state index in [1.807, 2.05) is 6.92 Å². The highest BCUT2D eigenvalue weighted by Gasteiger charge is 2.29. The molecule has 5 heteroatoms. The third-order valence-corrected chi connectivity index (χ3v) is 2.63. The van der Waals surface area contributed by atoms with Crippen LogP contribution in [0.5, 0.6) is 0 Å². The Kier molecular flexibility index (Phi) is 4.31. The Morgan fingerprint density at radius 2 is 2.50 bits per heavy atom. The van der Waals surface area contributed by atoms with Gasteiger partial charge in [-0.05, 0) is 6.42 Å². The van der Waals surface area contributed by atoms with E-state index in [-0.39, 0.29) is 24.5 Å². The predicted octanol–water partition coefficient (Wildman–Crippen LogP) is -0.606. The normalized spacial score (nSPS) is 26.0. The maximum atomic E-state index is 9.15. The maximum absolute atomic E-state index is 9.15. The first-order valence-corrected chi connectivity index (χ1v) is 4.99. The molecule has 5 nitrogen and oxygen atoms in total. The summed E-state index contributed by atoms with van der Waals surface area (Å²) in [7, 11) is 0. The van der Waals surface area contributed by atoms with Crippen LogP contribution in [-0.2, 0) is 4.74 Å². The molecule has 1 rings (SSSR count). The van der Waals surface area contributed by atoms with Crippen molar-refractivity contribution in [3.63, 3.8) is 0 Å². The minimum Gasteiger partial charge on any atom is -0.395 e. The van der Waals surface area contributed by atoms with Crippen molar-refractivity contribution < 1.29 is 9.84 Å². The minimum absolute atomic E-state index is 0.0161. The van der Waals surface area contributed by atoms with Gasteiger partial charge in [-0.25, -0.2) is 0 Å². The predicted molar refractivity (Wildman–Crippen MR) is 54.4 cm³/mol. The first kappa shape index (κ1) is 11.4. The highest BCUT2D eigenvalue weighted by molar-refractivity contribution is 5.82. The zero-order chi connectivity index (χ0) is 10.6. The Morgan fingerprint density at radius 3 is 3.00 bits per heavy atom. The number of morpholine rings is 1. The number of nitrogens with zero attached hydrogens (tertiary/aromatic N) is 1. The van der Waals surface area contributed by atoms with E-state index in [0.717, 1.165) is 13.0 Å². The molecular weight excluding hydrogens is 182 g/mol. The van der Waals surface area contributed by atoms with E-state index in [9.17, 15) is 0 Å². The second-order valence-electron chi connectivity index (χ2n) is 3.53. The summed E-state index contributed by atoms with van der Waals surface area (Å²) in [5.41, 5.74) is 5.51. The van der Waals surface area contributed by atoms with Gasteiger partial charge in [-0.3, -0.25) is 10.3 Å². The fraction of sp³-hybridized carbons (Fsp3) is 0.889. The lowest BCUT2D eigenvalue weighted by Gasteiger charge is -2.39. The molecule has 14 heavy (non-hydrogen) atoms. The Hall–Kier alpha value is -0.650. The second kappa shape index (κ2) is 5.29. The fourth-order valence-corrected chi connectivity index (χ4v) is 1.87. The number of aliphatic hydroxyl groups is 1. The molecule has 4 N–H and O–H groups in total. The van der Waals surface area contributed by atoms with Crippen molar-refractivity contribution in [2.24, 2.45) is 5.73 Å². The Bertz CT molecular complexity index is 198. The van der Waals surface area contributed by atoms with Gasteiger partial charge >= 0.3 is 0 Å². The molecule has 2 unspecified atom stereocenters.